The predicted molar refractivity (Wildman–Crippen MR) is 132 cm³/mol. The van der Waals surface area contributed by atoms with Crippen molar-refractivity contribution < 1.29 is 24.3 Å². The van der Waals surface area contributed by atoms with Crippen LogP contribution in [0.5, 0.6) is 0 Å². The first kappa shape index (κ1) is 31.1. The molecule has 0 spiro atoms. The van der Waals surface area contributed by atoms with E-state index < -0.39 is 47.9 Å². The van der Waals surface area contributed by atoms with E-state index >= 15 is 0 Å². The lowest BCUT2D eigenvalue weighted by Gasteiger charge is -2.28. The van der Waals surface area contributed by atoms with Gasteiger partial charge in [0, 0.05) is 0 Å². The van der Waals surface area contributed by atoms with Crippen LogP contribution in [0.1, 0.15) is 59.8 Å². The van der Waals surface area contributed by atoms with Gasteiger partial charge in [0.1, 0.15) is 18.1 Å². The van der Waals surface area contributed by atoms with Crippen LogP contribution in [-0.4, -0.2) is 71.5 Å². The molecule has 10 nitrogen and oxygen atoms in total. The van der Waals surface area contributed by atoms with Gasteiger partial charge in [-0.25, -0.2) is 4.79 Å². The normalized spacial score (nSPS) is 15.8. The van der Waals surface area contributed by atoms with Crippen molar-refractivity contribution in [2.75, 3.05) is 18.6 Å². The summed E-state index contributed by atoms with van der Waals surface area (Å²) in [5.41, 5.74) is 11.4. The average molecular weight is 490 g/mol. The standard InChI is InChI=1S/C22H43N5O5S/c1-6-14(4)18(21(30)26-17(13(2)3)22(31)32)27-20(29)16(10-12-33-5)25-19(28)15(24)9-7-8-11-23/h13-18H,6-12,23-24H2,1-5H3,(H,25,28)(H,26,30)(H,27,29)(H,31,32). The molecule has 0 aliphatic heterocycles. The maximum atomic E-state index is 13.1. The summed E-state index contributed by atoms with van der Waals surface area (Å²) in [6.07, 6.45) is 4.78. The molecule has 0 aromatic carbocycles. The van der Waals surface area contributed by atoms with Crippen LogP contribution >= 0.6 is 11.8 Å². The molecule has 0 fully saturated rings. The van der Waals surface area contributed by atoms with Crippen molar-refractivity contribution in [3.05, 3.63) is 0 Å². The molecule has 0 aromatic heterocycles. The molecular weight excluding hydrogens is 446 g/mol. The summed E-state index contributed by atoms with van der Waals surface area (Å²) < 4.78 is 0. The number of rotatable bonds is 17. The summed E-state index contributed by atoms with van der Waals surface area (Å²) in [7, 11) is 0. The molecule has 5 atom stereocenters. The first-order valence-corrected chi connectivity index (χ1v) is 13.0. The van der Waals surface area contributed by atoms with Crippen LogP contribution in [0.4, 0.5) is 0 Å². The molecule has 0 saturated carbocycles. The number of amides is 3. The van der Waals surface area contributed by atoms with Crippen LogP contribution in [0.25, 0.3) is 0 Å². The fourth-order valence-corrected chi connectivity index (χ4v) is 3.61. The molecule has 0 rings (SSSR count). The Kier molecular flexibility index (Phi) is 15.8. The predicted octanol–water partition coefficient (Wildman–Crippen LogP) is 0.437. The number of nitrogens with two attached hydrogens (primary N) is 2. The lowest BCUT2D eigenvalue weighted by molar-refractivity contribution is -0.144. The molecule has 0 saturated heterocycles. The molecule has 0 radical (unpaired) electrons. The molecule has 0 heterocycles. The summed E-state index contributed by atoms with van der Waals surface area (Å²) in [5, 5.41) is 17.4. The smallest absolute Gasteiger partial charge is 0.326 e. The van der Waals surface area contributed by atoms with Crippen molar-refractivity contribution in [1.82, 2.24) is 16.0 Å². The third-order valence-corrected chi connectivity index (χ3v) is 6.22. The van der Waals surface area contributed by atoms with Gasteiger partial charge in [-0.2, -0.15) is 11.8 Å². The Hall–Kier alpha value is -1.85. The Labute approximate surface area is 201 Å². The van der Waals surface area contributed by atoms with E-state index in [1.165, 1.54) is 11.8 Å². The average Bonchev–Trinajstić information content (AvgIpc) is 2.76. The second-order valence-corrected chi connectivity index (χ2v) is 9.66. The van der Waals surface area contributed by atoms with Crippen molar-refractivity contribution in [3.63, 3.8) is 0 Å². The molecule has 5 unspecified atom stereocenters. The molecule has 3 amide bonds. The van der Waals surface area contributed by atoms with Crippen molar-refractivity contribution in [2.45, 2.75) is 84.0 Å². The van der Waals surface area contributed by atoms with Gasteiger partial charge in [-0.05, 0) is 49.7 Å². The quantitative estimate of drug-likeness (QED) is 0.159. The molecule has 8 N–H and O–H groups in total. The van der Waals surface area contributed by atoms with E-state index in [0.717, 1.165) is 6.42 Å². The number of aliphatic carboxylic acids is 1. The van der Waals surface area contributed by atoms with Crippen molar-refractivity contribution in [2.24, 2.45) is 23.3 Å². The second kappa shape index (κ2) is 16.7. The second-order valence-electron chi connectivity index (χ2n) is 8.67. The first-order chi connectivity index (χ1) is 15.5. The Balaban J connectivity index is 5.41. The van der Waals surface area contributed by atoms with E-state index in [1.807, 2.05) is 13.2 Å². The van der Waals surface area contributed by atoms with Crippen LogP contribution in [0, 0.1) is 11.8 Å². The number of carboxylic acids is 1. The highest BCUT2D eigenvalue weighted by atomic mass is 32.2. The van der Waals surface area contributed by atoms with Crippen LogP contribution < -0.4 is 27.4 Å². The van der Waals surface area contributed by atoms with Gasteiger partial charge in [0.15, 0.2) is 0 Å². The van der Waals surface area contributed by atoms with Gasteiger partial charge in [-0.1, -0.05) is 40.5 Å². The zero-order valence-electron chi connectivity index (χ0n) is 20.6. The van der Waals surface area contributed by atoms with Gasteiger partial charge in [-0.15, -0.1) is 0 Å². The van der Waals surface area contributed by atoms with E-state index in [0.29, 0.717) is 38.0 Å². The number of carboxylic acid groups (broad SMARTS) is 1. The number of thioether (sulfide) groups is 1. The monoisotopic (exact) mass is 489 g/mol. The largest absolute Gasteiger partial charge is 0.480 e. The number of carbonyl (C=O) groups is 4. The van der Waals surface area contributed by atoms with Gasteiger partial charge < -0.3 is 32.5 Å². The molecule has 33 heavy (non-hydrogen) atoms. The minimum atomic E-state index is -1.14. The van der Waals surface area contributed by atoms with Gasteiger partial charge in [0.05, 0.1) is 6.04 Å². The summed E-state index contributed by atoms with van der Waals surface area (Å²) in [6, 6.07) is -3.61. The van der Waals surface area contributed by atoms with Gasteiger partial charge in [-0.3, -0.25) is 14.4 Å². The Morgan fingerprint density at radius 3 is 2.00 bits per heavy atom. The molecule has 192 valence electrons. The number of nitrogens with one attached hydrogen (secondary N) is 3. The van der Waals surface area contributed by atoms with E-state index in [4.69, 9.17) is 11.5 Å². The molecule has 0 aromatic rings. The van der Waals surface area contributed by atoms with E-state index in [1.54, 1.807) is 20.8 Å². The van der Waals surface area contributed by atoms with Crippen LogP contribution in [0.15, 0.2) is 0 Å². The highest BCUT2D eigenvalue weighted by Gasteiger charge is 2.33. The van der Waals surface area contributed by atoms with Crippen molar-refractivity contribution in [1.29, 1.82) is 0 Å². The van der Waals surface area contributed by atoms with Crippen LogP contribution in [-0.2, 0) is 19.2 Å². The van der Waals surface area contributed by atoms with Gasteiger partial charge in [0.2, 0.25) is 17.7 Å². The van der Waals surface area contributed by atoms with Crippen molar-refractivity contribution in [3.8, 4) is 0 Å². The Morgan fingerprint density at radius 2 is 1.52 bits per heavy atom. The molecular formula is C22H43N5O5S. The lowest BCUT2D eigenvalue weighted by Crippen LogP contribution is -2.59. The number of hydrogen-bond acceptors (Lipinski definition) is 7. The van der Waals surface area contributed by atoms with Gasteiger partial charge in [0.25, 0.3) is 0 Å². The fourth-order valence-electron chi connectivity index (χ4n) is 3.14. The van der Waals surface area contributed by atoms with Crippen LogP contribution in [0.2, 0.25) is 0 Å². The summed E-state index contributed by atoms with van der Waals surface area (Å²) in [6.45, 7) is 7.59. The lowest BCUT2D eigenvalue weighted by atomic mass is 9.96. The zero-order valence-corrected chi connectivity index (χ0v) is 21.4. The first-order valence-electron chi connectivity index (χ1n) is 11.6. The molecule has 0 aliphatic carbocycles. The highest BCUT2D eigenvalue weighted by Crippen LogP contribution is 2.12. The third-order valence-electron chi connectivity index (χ3n) is 5.57. The minimum absolute atomic E-state index is 0.244. The number of carbonyl (C=O) groups excluding carboxylic acids is 3. The summed E-state index contributed by atoms with van der Waals surface area (Å²) >= 11 is 1.53. The molecule has 0 aliphatic rings. The third kappa shape index (κ3) is 11.7. The van der Waals surface area contributed by atoms with E-state index in [-0.39, 0.29) is 11.8 Å². The summed E-state index contributed by atoms with van der Waals surface area (Å²) in [5.74, 6) is -2.57. The maximum absolute atomic E-state index is 13.1. The summed E-state index contributed by atoms with van der Waals surface area (Å²) in [4.78, 5) is 50.0. The van der Waals surface area contributed by atoms with E-state index in [9.17, 15) is 24.3 Å². The highest BCUT2D eigenvalue weighted by molar-refractivity contribution is 7.98. The van der Waals surface area contributed by atoms with Crippen molar-refractivity contribution >= 4 is 35.5 Å². The molecule has 0 bridgehead atoms. The van der Waals surface area contributed by atoms with Crippen LogP contribution in [0.3, 0.4) is 0 Å². The number of hydrogen-bond donors (Lipinski definition) is 6. The van der Waals surface area contributed by atoms with Gasteiger partial charge >= 0.3 is 5.97 Å². The SMILES string of the molecule is CCC(C)C(NC(=O)C(CCSC)NC(=O)C(N)CCCCN)C(=O)NC(C(=O)O)C(C)C. The Bertz CT molecular complexity index is 634. The topological polar surface area (TPSA) is 177 Å². The minimum Gasteiger partial charge on any atom is -0.480 e. The Morgan fingerprint density at radius 1 is 0.909 bits per heavy atom. The number of unbranched alkanes of at least 4 members (excludes halogenated alkanes) is 1. The maximum Gasteiger partial charge on any atom is 0.326 e. The van der Waals surface area contributed by atoms with E-state index in [2.05, 4.69) is 16.0 Å². The fraction of sp³-hybridized carbons (Fsp3) is 0.818. The molecule has 11 heteroatoms. The zero-order chi connectivity index (χ0) is 25.6.